The van der Waals surface area contributed by atoms with Crippen LogP contribution in [0.4, 0.5) is 18.9 Å². The first-order valence-corrected chi connectivity index (χ1v) is 9.43. The molecule has 0 saturated carbocycles. The van der Waals surface area contributed by atoms with E-state index < -0.39 is 41.3 Å². The van der Waals surface area contributed by atoms with Crippen molar-refractivity contribution in [2.45, 2.75) is 31.7 Å². The quantitative estimate of drug-likeness (QED) is 0.641. The number of primary amides is 1. The molecule has 0 bridgehead atoms. The number of benzene rings is 1. The van der Waals surface area contributed by atoms with Crippen LogP contribution in [0.25, 0.3) is 0 Å². The van der Waals surface area contributed by atoms with E-state index in [1.165, 1.54) is 38.6 Å². The molecule has 1 aliphatic rings. The van der Waals surface area contributed by atoms with E-state index in [0.717, 1.165) is 6.07 Å². The molecule has 10 heteroatoms. The number of nitrogens with zero attached hydrogens (tertiary/aromatic N) is 1. The Labute approximate surface area is 177 Å². The van der Waals surface area contributed by atoms with Gasteiger partial charge in [-0.1, -0.05) is 13.0 Å². The lowest BCUT2D eigenvalue weighted by atomic mass is 9.81. The number of carbonyl (C=O) groups is 1. The number of anilines is 1. The van der Waals surface area contributed by atoms with Crippen LogP contribution in [-0.4, -0.2) is 30.0 Å². The molecule has 1 aromatic heterocycles. The van der Waals surface area contributed by atoms with Crippen molar-refractivity contribution in [1.29, 1.82) is 0 Å². The Morgan fingerprint density at radius 3 is 2.68 bits per heavy atom. The van der Waals surface area contributed by atoms with Crippen molar-refractivity contribution in [2.24, 2.45) is 17.4 Å². The molecule has 1 aromatic carbocycles. The Hall–Kier alpha value is -3.27. The van der Waals surface area contributed by atoms with Gasteiger partial charge in [-0.3, -0.25) is 9.78 Å². The van der Waals surface area contributed by atoms with Gasteiger partial charge in [-0.25, -0.2) is 8.78 Å². The van der Waals surface area contributed by atoms with Crippen LogP contribution in [0.5, 0.6) is 5.75 Å². The molecule has 0 radical (unpaired) electrons. The smallest absolute Gasteiger partial charge is 0.267 e. The topological polar surface area (TPSA) is 112 Å². The number of rotatable bonds is 6. The molecule has 0 spiro atoms. The zero-order valence-electron chi connectivity index (χ0n) is 17.2. The van der Waals surface area contributed by atoms with Crippen LogP contribution in [-0.2, 0) is 4.74 Å². The summed E-state index contributed by atoms with van der Waals surface area (Å²) in [5, 5.41) is 2.88. The average molecular weight is 436 g/mol. The zero-order chi connectivity index (χ0) is 22.9. The summed E-state index contributed by atoms with van der Waals surface area (Å²) >= 11 is 0. The minimum Gasteiger partial charge on any atom is -0.493 e. The van der Waals surface area contributed by atoms with Gasteiger partial charge in [0.1, 0.15) is 11.8 Å². The number of pyridine rings is 1. The van der Waals surface area contributed by atoms with Crippen molar-refractivity contribution in [3.05, 3.63) is 65.3 Å². The molecule has 1 aliphatic heterocycles. The maximum Gasteiger partial charge on any atom is 0.267 e. The van der Waals surface area contributed by atoms with E-state index in [1.54, 1.807) is 13.0 Å². The second-order valence-corrected chi connectivity index (χ2v) is 7.41. The van der Waals surface area contributed by atoms with Crippen molar-refractivity contribution in [2.75, 3.05) is 12.4 Å². The summed E-state index contributed by atoms with van der Waals surface area (Å²) in [5.74, 6) is -6.90. The summed E-state index contributed by atoms with van der Waals surface area (Å²) in [6.07, 6.45) is 1.75. The third-order valence-electron chi connectivity index (χ3n) is 5.43. The molecule has 166 valence electrons. The Morgan fingerprint density at radius 1 is 1.32 bits per heavy atom. The van der Waals surface area contributed by atoms with Gasteiger partial charge in [-0.15, -0.1) is 0 Å². The van der Waals surface area contributed by atoms with Crippen LogP contribution in [0.15, 0.2) is 42.4 Å². The number of aromatic nitrogens is 1. The van der Waals surface area contributed by atoms with E-state index in [1.807, 2.05) is 0 Å². The summed E-state index contributed by atoms with van der Waals surface area (Å²) in [4.78, 5) is 15.1. The van der Waals surface area contributed by atoms with Crippen LogP contribution >= 0.6 is 0 Å². The summed E-state index contributed by atoms with van der Waals surface area (Å²) in [6.45, 7) is 2.84. The van der Waals surface area contributed by atoms with Gasteiger partial charge >= 0.3 is 0 Å². The molecular weight excluding hydrogens is 413 g/mol. The Balaban J connectivity index is 1.97. The lowest BCUT2D eigenvalue weighted by Crippen LogP contribution is -2.26. The molecule has 1 fully saturated rings. The first kappa shape index (κ1) is 22.4. The highest BCUT2D eigenvalue weighted by molar-refractivity contribution is 5.91. The van der Waals surface area contributed by atoms with Crippen LogP contribution in [0.3, 0.4) is 0 Å². The van der Waals surface area contributed by atoms with Crippen molar-refractivity contribution < 1.29 is 27.4 Å². The maximum atomic E-state index is 15.1. The first-order chi connectivity index (χ1) is 14.6. The molecule has 5 N–H and O–H groups in total. The van der Waals surface area contributed by atoms with Gasteiger partial charge in [-0.2, -0.15) is 4.39 Å². The molecule has 2 aromatic rings. The van der Waals surface area contributed by atoms with E-state index in [0.29, 0.717) is 5.69 Å². The van der Waals surface area contributed by atoms with E-state index >= 15 is 4.39 Å². The van der Waals surface area contributed by atoms with Crippen LogP contribution in [0.2, 0.25) is 0 Å². The van der Waals surface area contributed by atoms with Gasteiger partial charge in [0, 0.05) is 35.5 Å². The lowest BCUT2D eigenvalue weighted by molar-refractivity contribution is -0.130. The number of carbonyl (C=O) groups excluding carboxylic acids is 1. The minimum absolute atomic E-state index is 0.0449. The summed E-state index contributed by atoms with van der Waals surface area (Å²) in [6, 6.07) is 5.27. The highest BCUT2D eigenvalue weighted by atomic mass is 19.2. The molecular formula is C21H23F3N4O3. The molecule has 2 unspecified atom stereocenters. The monoisotopic (exact) mass is 436 g/mol. The Kier molecular flexibility index (Phi) is 6.12. The van der Waals surface area contributed by atoms with Crippen LogP contribution in [0, 0.1) is 17.6 Å². The van der Waals surface area contributed by atoms with Crippen LogP contribution < -0.4 is 21.5 Å². The fourth-order valence-corrected chi connectivity index (χ4v) is 3.64. The Morgan fingerprint density at radius 2 is 2.03 bits per heavy atom. The largest absolute Gasteiger partial charge is 0.493 e. The average Bonchev–Trinajstić information content (AvgIpc) is 2.97. The number of ether oxygens (including phenoxy) is 2. The SMILES string of the molecule is COc1c(C2C(C)[C@](C)(F)O[C@H]2/C(N)=C/Nc2ccnc(C(N)=O)c2)ccc(F)c1F. The molecule has 31 heavy (non-hydrogen) atoms. The third-order valence-corrected chi connectivity index (χ3v) is 5.43. The lowest BCUT2D eigenvalue weighted by Gasteiger charge is -2.24. The predicted octanol–water partition coefficient (Wildman–Crippen LogP) is 3.18. The van der Waals surface area contributed by atoms with E-state index in [-0.39, 0.29) is 22.7 Å². The first-order valence-electron chi connectivity index (χ1n) is 9.43. The molecule has 3 rings (SSSR count). The van der Waals surface area contributed by atoms with E-state index in [2.05, 4.69) is 10.3 Å². The van der Waals surface area contributed by atoms with E-state index in [9.17, 15) is 13.6 Å². The number of hydrogen-bond acceptors (Lipinski definition) is 6. The van der Waals surface area contributed by atoms with Crippen molar-refractivity contribution in [3.8, 4) is 5.75 Å². The molecule has 2 heterocycles. The summed E-state index contributed by atoms with van der Waals surface area (Å²) in [5.41, 5.74) is 12.2. The van der Waals surface area contributed by atoms with Gasteiger partial charge < -0.3 is 26.3 Å². The van der Waals surface area contributed by atoms with Gasteiger partial charge in [0.05, 0.1) is 12.8 Å². The second kappa shape index (κ2) is 8.46. The normalized spacial score (nSPS) is 26.0. The number of nitrogens with one attached hydrogen (secondary N) is 1. The molecule has 1 saturated heterocycles. The molecule has 0 aliphatic carbocycles. The fraction of sp³-hybridized carbons (Fsp3) is 0.333. The minimum atomic E-state index is -2.08. The highest BCUT2D eigenvalue weighted by Gasteiger charge is 2.53. The summed E-state index contributed by atoms with van der Waals surface area (Å²) in [7, 11) is 1.20. The number of alkyl halides is 1. The maximum absolute atomic E-state index is 15.1. The third kappa shape index (κ3) is 4.29. The van der Waals surface area contributed by atoms with Crippen molar-refractivity contribution in [3.63, 3.8) is 0 Å². The number of amides is 1. The molecule has 1 amide bonds. The summed E-state index contributed by atoms with van der Waals surface area (Å²) < 4.78 is 53.7. The van der Waals surface area contributed by atoms with Crippen molar-refractivity contribution in [1.82, 2.24) is 4.98 Å². The number of methoxy groups -OCH3 is 1. The number of halogens is 3. The molecule has 4 atom stereocenters. The fourth-order valence-electron chi connectivity index (χ4n) is 3.64. The van der Waals surface area contributed by atoms with E-state index in [4.69, 9.17) is 20.9 Å². The molecule has 7 nitrogen and oxygen atoms in total. The van der Waals surface area contributed by atoms with Crippen molar-refractivity contribution >= 4 is 11.6 Å². The van der Waals surface area contributed by atoms with Crippen LogP contribution in [0.1, 0.15) is 35.8 Å². The number of nitrogens with two attached hydrogens (primary N) is 2. The van der Waals surface area contributed by atoms with Gasteiger partial charge in [0.15, 0.2) is 11.6 Å². The highest BCUT2D eigenvalue weighted by Crippen LogP contribution is 2.50. The Bertz CT molecular complexity index is 1030. The van der Waals surface area contributed by atoms with Gasteiger partial charge in [-0.05, 0) is 25.1 Å². The number of hydrogen-bond donors (Lipinski definition) is 3. The zero-order valence-corrected chi connectivity index (χ0v) is 17.2. The standard InChI is InChI=1S/C21H23F3N4O3/c1-10-16(12-4-5-13(22)17(23)18(12)30-3)19(31-21(10,2)24)14(25)9-28-11-6-7-27-15(8-11)20(26)29/h4-10,16,19H,25H2,1-3H3,(H2,26,29)(H,27,28)/b14-9-/t10?,16?,19-,21+/m0/s1. The predicted molar refractivity (Wildman–Crippen MR) is 108 cm³/mol. The van der Waals surface area contributed by atoms with Gasteiger partial charge in [0.25, 0.3) is 5.91 Å². The second-order valence-electron chi connectivity index (χ2n) is 7.41. The van der Waals surface area contributed by atoms with Gasteiger partial charge in [0.2, 0.25) is 11.7 Å².